The highest BCUT2D eigenvalue weighted by Gasteiger charge is 2.34. The number of esters is 1. The Kier molecular flexibility index (Phi) is 6.27. The number of hydrogen-bond donors (Lipinski definition) is 0. The Morgan fingerprint density at radius 1 is 1.20 bits per heavy atom. The Labute approximate surface area is 143 Å². The monoisotopic (exact) mass is 359 g/mol. The van der Waals surface area contributed by atoms with Crippen LogP contribution in [0.5, 0.6) is 5.75 Å². The van der Waals surface area contributed by atoms with Crippen LogP contribution in [0, 0.1) is 5.92 Å². The standard InChI is InChI=1S/C17H20F3NO4/c1-2-24-16(23)12-7-9-21(10-8-12)15(22)11-25-14-6-4-3-5-13(14)17(18,19)20/h3-6,12H,2,7-11H2,1H3. The number of ether oxygens (including phenoxy) is 2. The van der Waals surface area contributed by atoms with Gasteiger partial charge in [0.25, 0.3) is 5.91 Å². The molecule has 0 unspecified atom stereocenters. The van der Waals surface area contributed by atoms with Gasteiger partial charge in [-0.1, -0.05) is 12.1 Å². The number of hydrogen-bond acceptors (Lipinski definition) is 4. The summed E-state index contributed by atoms with van der Waals surface area (Å²) in [6.45, 7) is 2.27. The topological polar surface area (TPSA) is 55.8 Å². The average Bonchev–Trinajstić information content (AvgIpc) is 2.59. The van der Waals surface area contributed by atoms with Gasteiger partial charge in [0.05, 0.1) is 18.1 Å². The molecule has 0 radical (unpaired) electrons. The Balaban J connectivity index is 1.87. The first-order valence-electron chi connectivity index (χ1n) is 8.06. The number of carbonyl (C=O) groups excluding carboxylic acids is 2. The highest BCUT2D eigenvalue weighted by atomic mass is 19.4. The first-order chi connectivity index (χ1) is 11.8. The predicted molar refractivity (Wildman–Crippen MR) is 82.9 cm³/mol. The van der Waals surface area contributed by atoms with Crippen LogP contribution in [0.4, 0.5) is 13.2 Å². The average molecular weight is 359 g/mol. The fourth-order valence-electron chi connectivity index (χ4n) is 2.68. The smallest absolute Gasteiger partial charge is 0.419 e. The number of halogens is 3. The lowest BCUT2D eigenvalue weighted by molar-refractivity contribution is -0.151. The van der Waals surface area contributed by atoms with Crippen molar-refractivity contribution >= 4 is 11.9 Å². The summed E-state index contributed by atoms with van der Waals surface area (Å²) < 4.78 is 48.7. The normalized spacial score (nSPS) is 15.8. The molecule has 0 saturated carbocycles. The lowest BCUT2D eigenvalue weighted by Gasteiger charge is -2.30. The van der Waals surface area contributed by atoms with Crippen molar-refractivity contribution in [3.8, 4) is 5.75 Å². The van der Waals surface area contributed by atoms with Crippen molar-refractivity contribution in [3.05, 3.63) is 29.8 Å². The zero-order valence-corrected chi connectivity index (χ0v) is 13.8. The Morgan fingerprint density at radius 3 is 2.44 bits per heavy atom. The van der Waals surface area contributed by atoms with E-state index < -0.39 is 24.3 Å². The largest absolute Gasteiger partial charge is 0.483 e. The zero-order valence-electron chi connectivity index (χ0n) is 13.8. The summed E-state index contributed by atoms with van der Waals surface area (Å²) in [6, 6.07) is 4.77. The maximum atomic E-state index is 12.9. The first-order valence-corrected chi connectivity index (χ1v) is 8.06. The molecular formula is C17H20F3NO4. The van der Waals surface area contributed by atoms with Crippen molar-refractivity contribution in [2.75, 3.05) is 26.3 Å². The summed E-state index contributed by atoms with van der Waals surface area (Å²) in [5.74, 6) is -1.29. The molecule has 1 aliphatic rings. The fourth-order valence-corrected chi connectivity index (χ4v) is 2.68. The summed E-state index contributed by atoms with van der Waals surface area (Å²) in [7, 11) is 0. The molecule has 25 heavy (non-hydrogen) atoms. The summed E-state index contributed by atoms with van der Waals surface area (Å²) in [6.07, 6.45) is -3.59. The second-order valence-electron chi connectivity index (χ2n) is 5.69. The van der Waals surface area contributed by atoms with E-state index in [1.807, 2.05) is 0 Å². The summed E-state index contributed by atoms with van der Waals surface area (Å²) >= 11 is 0. The van der Waals surface area contributed by atoms with Gasteiger partial charge in [0.15, 0.2) is 6.61 Å². The van der Waals surface area contributed by atoms with Crippen LogP contribution in [-0.4, -0.2) is 43.1 Å². The Hall–Kier alpha value is -2.25. The molecule has 0 atom stereocenters. The molecule has 0 bridgehead atoms. The molecular weight excluding hydrogens is 339 g/mol. The molecule has 1 heterocycles. The number of likely N-dealkylation sites (tertiary alicyclic amines) is 1. The summed E-state index contributed by atoms with van der Waals surface area (Å²) in [4.78, 5) is 25.3. The molecule has 1 aliphatic heterocycles. The molecule has 5 nitrogen and oxygen atoms in total. The van der Waals surface area contributed by atoms with Crippen LogP contribution in [0.3, 0.4) is 0 Å². The van der Waals surface area contributed by atoms with Crippen molar-refractivity contribution < 1.29 is 32.2 Å². The third kappa shape index (κ3) is 5.11. The molecule has 1 amide bonds. The lowest BCUT2D eigenvalue weighted by Crippen LogP contribution is -2.42. The minimum absolute atomic E-state index is 0.240. The Morgan fingerprint density at radius 2 is 1.84 bits per heavy atom. The number of nitrogens with zero attached hydrogens (tertiary/aromatic N) is 1. The molecule has 1 fully saturated rings. The van der Waals surface area contributed by atoms with E-state index in [9.17, 15) is 22.8 Å². The molecule has 0 spiro atoms. The van der Waals surface area contributed by atoms with Gasteiger partial charge >= 0.3 is 12.1 Å². The number of carbonyl (C=O) groups is 2. The van der Waals surface area contributed by atoms with Crippen LogP contribution >= 0.6 is 0 Å². The third-order valence-electron chi connectivity index (χ3n) is 4.01. The molecule has 1 saturated heterocycles. The van der Waals surface area contributed by atoms with Crippen molar-refractivity contribution in [1.29, 1.82) is 0 Å². The SMILES string of the molecule is CCOC(=O)C1CCN(C(=O)COc2ccccc2C(F)(F)F)CC1. The lowest BCUT2D eigenvalue weighted by atomic mass is 9.97. The second kappa shape index (κ2) is 8.22. The highest BCUT2D eigenvalue weighted by molar-refractivity contribution is 5.78. The molecule has 8 heteroatoms. The van der Waals surface area contributed by atoms with E-state index in [1.54, 1.807) is 6.92 Å². The van der Waals surface area contributed by atoms with Crippen molar-refractivity contribution in [1.82, 2.24) is 4.90 Å². The molecule has 138 valence electrons. The first kappa shape index (κ1) is 19.1. The predicted octanol–water partition coefficient (Wildman–Crippen LogP) is 2.89. The van der Waals surface area contributed by atoms with Crippen molar-refractivity contribution in [2.45, 2.75) is 25.9 Å². The minimum Gasteiger partial charge on any atom is -0.483 e. The van der Waals surface area contributed by atoms with Gasteiger partial charge in [-0.15, -0.1) is 0 Å². The summed E-state index contributed by atoms with van der Waals surface area (Å²) in [5.41, 5.74) is -0.913. The van der Waals surface area contributed by atoms with Gasteiger partial charge in [-0.05, 0) is 31.9 Å². The van der Waals surface area contributed by atoms with E-state index in [2.05, 4.69) is 0 Å². The molecule has 1 aromatic rings. The van der Waals surface area contributed by atoms with Gasteiger partial charge in [-0.2, -0.15) is 13.2 Å². The molecule has 0 aromatic heterocycles. The second-order valence-corrected chi connectivity index (χ2v) is 5.69. The van der Waals surface area contributed by atoms with Gasteiger partial charge in [0.2, 0.25) is 0 Å². The quantitative estimate of drug-likeness (QED) is 0.759. The van der Waals surface area contributed by atoms with E-state index in [-0.39, 0.29) is 17.6 Å². The van der Waals surface area contributed by atoms with Gasteiger partial charge in [-0.25, -0.2) is 0 Å². The van der Waals surface area contributed by atoms with Gasteiger partial charge in [0, 0.05) is 13.1 Å². The van der Waals surface area contributed by atoms with Crippen LogP contribution in [0.25, 0.3) is 0 Å². The van der Waals surface area contributed by atoms with E-state index in [0.717, 1.165) is 6.07 Å². The zero-order chi connectivity index (χ0) is 18.4. The van der Waals surface area contributed by atoms with E-state index in [4.69, 9.17) is 9.47 Å². The Bertz CT molecular complexity index is 610. The molecule has 1 aromatic carbocycles. The van der Waals surface area contributed by atoms with E-state index >= 15 is 0 Å². The van der Waals surface area contributed by atoms with Crippen LogP contribution in [-0.2, 0) is 20.5 Å². The van der Waals surface area contributed by atoms with Crippen LogP contribution in [0.15, 0.2) is 24.3 Å². The summed E-state index contributed by atoms with van der Waals surface area (Å²) in [5, 5.41) is 0. The van der Waals surface area contributed by atoms with Crippen LogP contribution in [0.1, 0.15) is 25.3 Å². The maximum absolute atomic E-state index is 12.9. The van der Waals surface area contributed by atoms with Gasteiger partial charge in [-0.3, -0.25) is 9.59 Å². The van der Waals surface area contributed by atoms with Gasteiger partial charge < -0.3 is 14.4 Å². The van der Waals surface area contributed by atoms with Crippen molar-refractivity contribution in [3.63, 3.8) is 0 Å². The fraction of sp³-hybridized carbons (Fsp3) is 0.529. The minimum atomic E-state index is -4.54. The van der Waals surface area contributed by atoms with E-state index in [1.165, 1.54) is 23.1 Å². The number of amides is 1. The number of piperidine rings is 1. The number of para-hydroxylation sites is 1. The highest BCUT2D eigenvalue weighted by Crippen LogP contribution is 2.35. The number of alkyl halides is 3. The third-order valence-corrected chi connectivity index (χ3v) is 4.01. The van der Waals surface area contributed by atoms with Crippen molar-refractivity contribution in [2.24, 2.45) is 5.92 Å². The number of rotatable bonds is 5. The number of benzene rings is 1. The van der Waals surface area contributed by atoms with Gasteiger partial charge in [0.1, 0.15) is 5.75 Å². The van der Waals surface area contributed by atoms with E-state index in [0.29, 0.717) is 32.5 Å². The molecule has 0 N–H and O–H groups in total. The maximum Gasteiger partial charge on any atom is 0.419 e. The van der Waals surface area contributed by atoms with Crippen LogP contribution < -0.4 is 4.74 Å². The molecule has 2 rings (SSSR count). The molecule has 0 aliphatic carbocycles. The van der Waals surface area contributed by atoms with Crippen LogP contribution in [0.2, 0.25) is 0 Å².